The van der Waals surface area contributed by atoms with E-state index in [1.165, 1.54) is 61.2 Å². The summed E-state index contributed by atoms with van der Waals surface area (Å²) in [6.07, 6.45) is 5.82. The lowest BCUT2D eigenvalue weighted by molar-refractivity contribution is -0.649. The van der Waals surface area contributed by atoms with Crippen molar-refractivity contribution in [2.75, 3.05) is 0 Å². The van der Waals surface area contributed by atoms with Crippen LogP contribution in [0.15, 0.2) is 115 Å². The molecular weight excluding hydrogens is 745 g/mol. The van der Waals surface area contributed by atoms with Crippen molar-refractivity contribution in [3.63, 3.8) is 0 Å². The lowest BCUT2D eigenvalue weighted by Gasteiger charge is -2.45. The van der Waals surface area contributed by atoms with Gasteiger partial charge in [-0.1, -0.05) is 156 Å². The standard InChI is InChI=1S/C56H58N4O/c1-52(2,3)35-26-40-41-27-36(53(4,5)6)29-45(55(10,11)12)50(41)56(49(40)44(28-35)54(7,8)9)42-25-24-39(31-48(42)59-33-58(13)47-23-17-21-43(56)51(47)59)61-38-20-16-19-37(30-38)60-32-34-18-14-15-22-46(34)57-60/h14-32H,1-13H3. The zero-order chi connectivity index (χ0) is 43.2. The molecule has 1 aliphatic carbocycles. The molecule has 0 atom stereocenters. The number of imidazole rings is 1. The molecule has 0 saturated carbocycles. The van der Waals surface area contributed by atoms with Crippen molar-refractivity contribution in [2.24, 2.45) is 7.05 Å². The average molecular weight is 803 g/mol. The first kappa shape index (κ1) is 39.2. The number of nitrogens with zero attached hydrogens (tertiary/aromatic N) is 4. The predicted molar refractivity (Wildman–Crippen MR) is 250 cm³/mol. The maximum absolute atomic E-state index is 6.85. The number of aryl methyl sites for hydroxylation is 1. The molecule has 0 unspecified atom stereocenters. The van der Waals surface area contributed by atoms with Crippen LogP contribution in [0, 0.1) is 6.33 Å². The van der Waals surface area contributed by atoms with Gasteiger partial charge in [0.1, 0.15) is 11.5 Å². The van der Waals surface area contributed by atoms with Crippen LogP contribution in [0.4, 0.5) is 0 Å². The number of para-hydroxylation sites is 1. The van der Waals surface area contributed by atoms with E-state index in [0.717, 1.165) is 39.3 Å². The van der Waals surface area contributed by atoms with E-state index in [2.05, 4.69) is 191 Å². The highest BCUT2D eigenvalue weighted by Gasteiger charge is 2.54. The number of benzene rings is 6. The van der Waals surface area contributed by atoms with E-state index in [-0.39, 0.29) is 21.7 Å². The van der Waals surface area contributed by atoms with Gasteiger partial charge in [0.2, 0.25) is 6.33 Å². The summed E-state index contributed by atoms with van der Waals surface area (Å²) in [5.41, 5.74) is 17.8. The third-order valence-corrected chi connectivity index (χ3v) is 13.3. The Morgan fingerprint density at radius 1 is 0.590 bits per heavy atom. The Kier molecular flexibility index (Phi) is 8.23. The Morgan fingerprint density at radius 3 is 1.80 bits per heavy atom. The summed E-state index contributed by atoms with van der Waals surface area (Å²) in [6.45, 7) is 28.5. The Morgan fingerprint density at radius 2 is 1.20 bits per heavy atom. The second-order valence-corrected chi connectivity index (χ2v) is 21.7. The fourth-order valence-corrected chi connectivity index (χ4v) is 10.1. The van der Waals surface area contributed by atoms with Crippen LogP contribution in [-0.4, -0.2) is 14.3 Å². The van der Waals surface area contributed by atoms with Crippen LogP contribution >= 0.6 is 0 Å². The van der Waals surface area contributed by atoms with Gasteiger partial charge in [-0.3, -0.25) is 0 Å². The molecule has 0 N–H and O–H groups in total. The van der Waals surface area contributed by atoms with E-state index < -0.39 is 5.41 Å². The van der Waals surface area contributed by atoms with E-state index in [4.69, 9.17) is 9.84 Å². The first-order valence-corrected chi connectivity index (χ1v) is 21.9. The van der Waals surface area contributed by atoms with Crippen molar-refractivity contribution >= 4 is 21.9 Å². The maximum atomic E-state index is 6.85. The van der Waals surface area contributed by atoms with E-state index in [9.17, 15) is 0 Å². The van der Waals surface area contributed by atoms with Crippen molar-refractivity contribution in [3.05, 3.63) is 166 Å². The third-order valence-electron chi connectivity index (χ3n) is 13.3. The van der Waals surface area contributed by atoms with E-state index >= 15 is 0 Å². The first-order valence-electron chi connectivity index (χ1n) is 21.9. The van der Waals surface area contributed by atoms with Crippen molar-refractivity contribution in [3.8, 4) is 34.0 Å². The minimum Gasteiger partial charge on any atom is -0.458 e. The molecule has 8 aromatic rings. The van der Waals surface area contributed by atoms with Crippen molar-refractivity contribution in [1.82, 2.24) is 14.3 Å². The van der Waals surface area contributed by atoms with Gasteiger partial charge in [0.25, 0.3) is 0 Å². The number of hydrogen-bond donors (Lipinski definition) is 0. The van der Waals surface area contributed by atoms with Crippen LogP contribution in [0.1, 0.15) is 128 Å². The minimum atomic E-state index is -0.632. The number of aromatic nitrogens is 4. The highest BCUT2D eigenvalue weighted by molar-refractivity contribution is 5.97. The molecule has 5 nitrogen and oxygen atoms in total. The lowest BCUT2D eigenvalue weighted by atomic mass is 9.60. The second kappa shape index (κ2) is 12.8. The quantitative estimate of drug-likeness (QED) is 0.132. The Hall–Kier alpha value is -5.94. The molecule has 61 heavy (non-hydrogen) atoms. The molecule has 0 amide bonds. The van der Waals surface area contributed by atoms with Crippen LogP contribution in [0.2, 0.25) is 0 Å². The lowest BCUT2D eigenvalue weighted by Crippen LogP contribution is -2.38. The van der Waals surface area contributed by atoms with Crippen molar-refractivity contribution < 1.29 is 9.30 Å². The highest BCUT2D eigenvalue weighted by atomic mass is 16.5. The zero-order valence-corrected chi connectivity index (χ0v) is 38.2. The maximum Gasteiger partial charge on any atom is 0.244 e. The molecule has 0 fully saturated rings. The van der Waals surface area contributed by atoms with Crippen LogP contribution in [0.3, 0.4) is 0 Å². The van der Waals surface area contributed by atoms with Gasteiger partial charge in [-0.2, -0.15) is 5.10 Å². The summed E-state index contributed by atoms with van der Waals surface area (Å²) in [5.74, 6) is 1.52. The molecule has 1 aliphatic heterocycles. The molecule has 10 rings (SSSR count). The van der Waals surface area contributed by atoms with Gasteiger partial charge in [0.15, 0.2) is 0 Å². The third kappa shape index (κ3) is 5.86. The molecule has 2 aromatic heterocycles. The smallest absolute Gasteiger partial charge is 0.244 e. The van der Waals surface area contributed by atoms with Crippen LogP contribution in [0.25, 0.3) is 44.4 Å². The molecule has 0 radical (unpaired) electrons. The van der Waals surface area contributed by atoms with Gasteiger partial charge >= 0.3 is 0 Å². The summed E-state index contributed by atoms with van der Waals surface area (Å²) >= 11 is 0. The normalized spacial score (nSPS) is 14.4. The van der Waals surface area contributed by atoms with Gasteiger partial charge in [-0.25, -0.2) is 4.68 Å². The summed E-state index contributed by atoms with van der Waals surface area (Å²) in [7, 11) is 2.12. The summed E-state index contributed by atoms with van der Waals surface area (Å²) < 4.78 is 13.2. The molecule has 5 heteroatoms. The topological polar surface area (TPSA) is 35.9 Å². The van der Waals surface area contributed by atoms with Gasteiger partial charge in [0, 0.05) is 17.6 Å². The molecule has 0 bridgehead atoms. The van der Waals surface area contributed by atoms with E-state index in [0.29, 0.717) is 0 Å². The molecule has 3 heterocycles. The highest BCUT2D eigenvalue weighted by Crippen LogP contribution is 2.64. The molecule has 6 aromatic carbocycles. The van der Waals surface area contributed by atoms with E-state index in [1.54, 1.807) is 0 Å². The van der Waals surface area contributed by atoms with Gasteiger partial charge < -0.3 is 13.9 Å². The number of rotatable bonds is 3. The monoisotopic (exact) mass is 802 g/mol. The van der Waals surface area contributed by atoms with Crippen LogP contribution < -0.4 is 9.30 Å². The molecule has 2 aliphatic rings. The number of fused-ring (bicyclic) bond motifs is 10. The Labute approximate surface area is 361 Å². The molecule has 0 saturated heterocycles. The van der Waals surface area contributed by atoms with Crippen molar-refractivity contribution in [1.29, 1.82) is 0 Å². The number of hydrogen-bond acceptors (Lipinski definition) is 2. The summed E-state index contributed by atoms with van der Waals surface area (Å²) in [5, 5.41) is 5.95. The van der Waals surface area contributed by atoms with Crippen LogP contribution in [0.5, 0.6) is 11.5 Å². The molecular formula is C56H58N4O. The second-order valence-electron chi connectivity index (χ2n) is 21.7. The molecule has 1 spiro atoms. The Balaban J connectivity index is 1.29. The SMILES string of the molecule is C[n+]1[c-]n2c3c(cccc31)C1(c3ccc(Oc4cccc(-n5cc6ccccc6n5)c4)cc3-2)c2c(cc(C(C)(C)C)cc2C(C)(C)C)-c2cc(C(C)(C)C)cc(C(C)(C)C)c21. The molecule has 308 valence electrons. The Bertz CT molecular complexity index is 2990. The van der Waals surface area contributed by atoms with Gasteiger partial charge in [0.05, 0.1) is 40.4 Å². The van der Waals surface area contributed by atoms with Crippen molar-refractivity contribution in [2.45, 2.75) is 110 Å². The zero-order valence-electron chi connectivity index (χ0n) is 38.2. The van der Waals surface area contributed by atoms with Crippen LogP contribution in [-0.2, 0) is 34.1 Å². The van der Waals surface area contributed by atoms with E-state index in [1.807, 2.05) is 35.0 Å². The minimum absolute atomic E-state index is 0.0459. The fourth-order valence-electron chi connectivity index (χ4n) is 10.1. The fraction of sp³-hybridized carbons (Fsp3) is 0.321. The number of ether oxygens (including phenoxy) is 1. The first-order chi connectivity index (χ1) is 28.7. The van der Waals surface area contributed by atoms with Gasteiger partial charge in [-0.05, 0) is 108 Å². The largest absolute Gasteiger partial charge is 0.458 e. The summed E-state index contributed by atoms with van der Waals surface area (Å²) in [4.78, 5) is 0. The van der Waals surface area contributed by atoms with Gasteiger partial charge in [-0.15, -0.1) is 0 Å². The predicted octanol–water partition coefficient (Wildman–Crippen LogP) is 13.3. The average Bonchev–Trinajstić information content (AvgIpc) is 3.86. The summed E-state index contributed by atoms with van der Waals surface area (Å²) in [6, 6.07) is 40.3.